The zero-order valence-corrected chi connectivity index (χ0v) is 63.8. The summed E-state index contributed by atoms with van der Waals surface area (Å²) in [6, 6.07) is 49.9. The van der Waals surface area contributed by atoms with Gasteiger partial charge in [-0.3, -0.25) is 39.4 Å². The molecule has 0 bridgehead atoms. The van der Waals surface area contributed by atoms with Crippen LogP contribution >= 0.6 is 0 Å². The van der Waals surface area contributed by atoms with Crippen LogP contribution in [0.3, 0.4) is 0 Å². The summed E-state index contributed by atoms with van der Waals surface area (Å²) >= 11 is 0. The molecular weight excluding hydrogens is 1480 g/mol. The van der Waals surface area contributed by atoms with E-state index in [0.29, 0.717) is 112 Å². The second kappa shape index (κ2) is 31.8. The molecule has 0 amide bonds. The van der Waals surface area contributed by atoms with Crippen molar-refractivity contribution >= 4 is 179 Å². The highest BCUT2D eigenvalue weighted by molar-refractivity contribution is 6.07. The smallest absolute Gasteiger partial charge is 0.270 e. The van der Waals surface area contributed by atoms with Crippen molar-refractivity contribution < 1.29 is 9.85 Å². The van der Waals surface area contributed by atoms with Gasteiger partial charge in [0.1, 0.15) is 22.1 Å². The third kappa shape index (κ3) is 15.7. The summed E-state index contributed by atoms with van der Waals surface area (Å²) in [5.41, 5.74) is 35.0. The van der Waals surface area contributed by atoms with Crippen molar-refractivity contribution in [3.63, 3.8) is 0 Å². The third-order valence-electron chi connectivity index (χ3n) is 20.5. The Labute approximate surface area is 658 Å². The Morgan fingerprint density at radius 3 is 0.888 bits per heavy atom. The molecule has 2 aliphatic rings. The number of fused-ring (bicyclic) bond motifs is 12. The van der Waals surface area contributed by atoms with Crippen molar-refractivity contribution in [2.45, 2.75) is 0 Å². The first-order valence-electron chi connectivity index (χ1n) is 36.7. The van der Waals surface area contributed by atoms with Crippen molar-refractivity contribution in [2.75, 3.05) is 120 Å². The maximum absolute atomic E-state index is 12.7. The molecule has 584 valence electrons. The molecule has 10 heterocycles. The average Bonchev–Trinajstić information content (AvgIpc) is 0.773. The van der Waals surface area contributed by atoms with Crippen LogP contribution in [0, 0.1) is 20.2 Å². The molecule has 0 unspecified atom stereocenters. The van der Waals surface area contributed by atoms with Crippen LogP contribution in [-0.4, -0.2) is 144 Å². The minimum Gasteiger partial charge on any atom is -0.399 e. The van der Waals surface area contributed by atoms with Gasteiger partial charge in [0.25, 0.3) is 33.6 Å². The number of anilines is 14. The van der Waals surface area contributed by atoms with Gasteiger partial charge < -0.3 is 82.1 Å². The van der Waals surface area contributed by atoms with Gasteiger partial charge in [-0.25, -0.2) is 39.9 Å². The van der Waals surface area contributed by atoms with Gasteiger partial charge in [-0.15, -0.1) is 0 Å². The van der Waals surface area contributed by atoms with E-state index in [-0.39, 0.29) is 44.4 Å². The Balaban J connectivity index is 0.000000122. The lowest BCUT2D eigenvalue weighted by Crippen LogP contribution is -2.44. The summed E-state index contributed by atoms with van der Waals surface area (Å²) in [6.45, 7) is 8.32. The molecule has 8 aromatic carbocycles. The molecule has 116 heavy (non-hydrogen) atoms. The lowest BCUT2D eigenvalue weighted by molar-refractivity contribution is -0.384. The number of pyridine rings is 4. The van der Waals surface area contributed by atoms with Crippen LogP contribution in [0.4, 0.5) is 92.0 Å². The summed E-state index contributed by atoms with van der Waals surface area (Å²) < 4.78 is 5.88. The fraction of sp³-hybridized carbons (Fsp3) is 0.171. The number of likely N-dealkylation sites (N-methyl/N-ethyl adjacent to an activating group) is 2. The van der Waals surface area contributed by atoms with Gasteiger partial charge in [-0.1, -0.05) is 12.1 Å². The number of hydrogen-bond donors (Lipinski definition) is 8. The standard InChI is InChI=1S/C23H23N7O3.C23H25N7O.C18H14N6O3.C18H16N6O/c1-27-9-11-29(12-10-27)16-5-3-15(4-6-16)25-23-24-14-20-21(26-23)18-8-7-17(30(32)33)13-19(18)22(31)28(20)2;1-28-9-11-30(12-10-28)17-6-4-16(5-7-17)26-23-25-14-20-21(27-23)18-8-3-15(24)13-19(18)22(31)29(20)2;1-23-15-9-20-18(21-11-4-2-3-10(19)7-11)22-16(15)13-6-5-12(24(26)27)8-14(13)17(23)25;1-24-15-9-21-18(22-12-4-2-3-10(19)7-12)23-16(15)13-6-5-11(20)8-14(13)17(24)25/h3-8,13-14H,9-12H2,1-2H3,(H,24,25,26);3-8,13-14H,9-12,24H2,1-2H3,(H,25,26,27);2-9H,19H2,1H3,(H,20,21,22);2-9H,19-20H2,1H3,(H,21,22,23). The summed E-state index contributed by atoms with van der Waals surface area (Å²) in [5, 5.41) is 39.0. The molecule has 0 aliphatic carbocycles. The van der Waals surface area contributed by atoms with E-state index < -0.39 is 9.85 Å². The molecule has 2 fully saturated rings. The van der Waals surface area contributed by atoms with E-state index in [9.17, 15) is 39.4 Å². The molecule has 0 radical (unpaired) electrons. The predicted octanol–water partition coefficient (Wildman–Crippen LogP) is 10.5. The van der Waals surface area contributed by atoms with Crippen LogP contribution in [0.5, 0.6) is 0 Å². The number of nitrogen functional groups attached to an aromatic ring is 4. The fourth-order valence-electron chi connectivity index (χ4n) is 14.0. The molecule has 12 N–H and O–H groups in total. The third-order valence-corrected chi connectivity index (χ3v) is 20.5. The zero-order valence-electron chi connectivity index (χ0n) is 63.8. The van der Waals surface area contributed by atoms with E-state index in [1.54, 1.807) is 118 Å². The van der Waals surface area contributed by atoms with Gasteiger partial charge in [0.05, 0.1) is 78.2 Å². The highest BCUT2D eigenvalue weighted by atomic mass is 16.6. The molecule has 34 nitrogen and oxygen atoms in total. The van der Waals surface area contributed by atoms with Gasteiger partial charge in [0, 0.05) is 183 Å². The van der Waals surface area contributed by atoms with Crippen molar-refractivity contribution in [1.82, 2.24) is 67.9 Å². The van der Waals surface area contributed by atoms with Crippen molar-refractivity contribution in [2.24, 2.45) is 28.2 Å². The molecular formula is C82H78N26O8. The second-order valence-electron chi connectivity index (χ2n) is 28.2. The highest BCUT2D eigenvalue weighted by Gasteiger charge is 2.22. The number of nitro groups is 2. The molecule has 0 atom stereocenters. The molecule has 18 rings (SSSR count). The van der Waals surface area contributed by atoms with E-state index in [4.69, 9.17) is 27.9 Å². The minimum absolute atomic E-state index is 0.112. The topological polar surface area (TPSA) is 443 Å². The average molecular weight is 1560 g/mol. The van der Waals surface area contributed by atoms with Gasteiger partial charge in [0.15, 0.2) is 0 Å². The van der Waals surface area contributed by atoms with E-state index in [0.717, 1.165) is 85.9 Å². The van der Waals surface area contributed by atoms with E-state index >= 15 is 0 Å². The van der Waals surface area contributed by atoms with Gasteiger partial charge in [0.2, 0.25) is 23.8 Å². The quantitative estimate of drug-likeness (QED) is 0.0244. The number of nitrogens with one attached hydrogen (secondary N) is 4. The molecule has 2 saturated heterocycles. The first kappa shape index (κ1) is 76.1. The summed E-state index contributed by atoms with van der Waals surface area (Å²) in [4.78, 5) is 117. The fourth-order valence-corrected chi connectivity index (χ4v) is 14.0. The minimum atomic E-state index is -0.532. The van der Waals surface area contributed by atoms with Crippen LogP contribution < -0.4 is 76.2 Å². The van der Waals surface area contributed by atoms with Crippen molar-refractivity contribution in [3.8, 4) is 0 Å². The van der Waals surface area contributed by atoms with E-state index in [2.05, 4.69) is 114 Å². The number of hydrogen-bond acceptors (Lipinski definition) is 28. The van der Waals surface area contributed by atoms with Gasteiger partial charge in [-0.2, -0.15) is 0 Å². The lowest BCUT2D eigenvalue weighted by atomic mass is 10.1. The highest BCUT2D eigenvalue weighted by Crippen LogP contribution is 2.32. The first-order chi connectivity index (χ1) is 55.9. The molecule has 0 saturated carbocycles. The molecule has 16 aromatic rings. The Hall–Kier alpha value is -15.3. The Bertz CT molecular complexity index is 6850. The van der Waals surface area contributed by atoms with Gasteiger partial charge >= 0.3 is 0 Å². The maximum Gasteiger partial charge on any atom is 0.270 e. The molecule has 0 spiro atoms. The number of non-ortho nitro benzene ring substituents is 2. The Kier molecular flexibility index (Phi) is 20.9. The van der Waals surface area contributed by atoms with Crippen LogP contribution in [0.2, 0.25) is 0 Å². The zero-order chi connectivity index (χ0) is 81.3. The number of rotatable bonds is 12. The Morgan fingerprint density at radius 2 is 0.595 bits per heavy atom. The number of nitro benzene ring substituents is 2. The first-order valence-corrected chi connectivity index (χ1v) is 36.7. The predicted molar refractivity (Wildman–Crippen MR) is 458 cm³/mol. The van der Waals surface area contributed by atoms with Gasteiger partial charge in [-0.05, 0) is 148 Å². The van der Waals surface area contributed by atoms with Crippen LogP contribution in [0.15, 0.2) is 214 Å². The van der Waals surface area contributed by atoms with Crippen molar-refractivity contribution in [1.29, 1.82) is 0 Å². The Morgan fingerprint density at radius 1 is 0.319 bits per heavy atom. The van der Waals surface area contributed by atoms with E-state index in [1.807, 2.05) is 54.6 Å². The molecule has 2 aliphatic heterocycles. The normalized spacial score (nSPS) is 13.1. The second-order valence-corrected chi connectivity index (χ2v) is 28.2. The number of aryl methyl sites for hydroxylation is 4. The van der Waals surface area contributed by atoms with Crippen LogP contribution in [-0.2, 0) is 28.2 Å². The SMILES string of the molecule is CN1CCN(c2ccc(Nc3ncc4c(n3)c3ccc(N)cc3c(=O)n4C)cc2)CC1.CN1CCN(c2ccc(Nc3ncc4c(n3)c3ccc([N+](=O)[O-])cc3c(=O)n4C)cc2)CC1.Cn1c(=O)c2cc(N)ccc2c2nc(Nc3cccc(N)c3)ncc21.Cn1c(=O)c2cc([N+](=O)[O-])ccc2c2nc(Nc3cccc(N)c3)ncc21. The maximum atomic E-state index is 12.7. The summed E-state index contributed by atoms with van der Waals surface area (Å²) in [7, 11) is 10.9. The molecule has 8 aromatic heterocycles. The monoisotopic (exact) mass is 1550 g/mol. The number of benzene rings is 8. The lowest BCUT2D eigenvalue weighted by Gasteiger charge is -2.34. The number of piperazine rings is 2. The number of aromatic nitrogens is 12. The summed E-state index contributed by atoms with van der Waals surface area (Å²) in [5.74, 6) is 1.62. The van der Waals surface area contributed by atoms with Crippen LogP contribution in [0.1, 0.15) is 0 Å². The molecule has 34 heteroatoms. The largest absolute Gasteiger partial charge is 0.399 e. The summed E-state index contributed by atoms with van der Waals surface area (Å²) in [6.07, 6.45) is 6.44. The number of nitrogens with two attached hydrogens (primary N) is 4. The van der Waals surface area contributed by atoms with E-state index in [1.165, 1.54) is 55.4 Å². The van der Waals surface area contributed by atoms with Crippen molar-refractivity contribution in [3.05, 3.63) is 256 Å². The number of nitrogens with zero attached hydrogens (tertiary/aromatic N) is 18. The van der Waals surface area contributed by atoms with Crippen LogP contribution in [0.25, 0.3) is 87.2 Å².